The first-order chi connectivity index (χ1) is 9.67. The number of aliphatic carboxylic acids is 1. The quantitative estimate of drug-likeness (QED) is 0.597. The number of carbonyl (C=O) groups is 3. The van der Waals surface area contributed by atoms with Crippen molar-refractivity contribution in [1.29, 1.82) is 0 Å². The second-order valence-electron chi connectivity index (χ2n) is 3.99. The molecule has 0 atom stereocenters. The molecule has 0 amide bonds. The Morgan fingerprint density at radius 3 is 1.95 bits per heavy atom. The molecule has 0 aliphatic heterocycles. The summed E-state index contributed by atoms with van der Waals surface area (Å²) < 4.78 is 8.95. The van der Waals surface area contributed by atoms with Crippen LogP contribution in [0.25, 0.3) is 0 Å². The van der Waals surface area contributed by atoms with Crippen molar-refractivity contribution in [2.24, 2.45) is 0 Å². The number of carboxylic acids is 1. The van der Waals surface area contributed by atoms with Crippen molar-refractivity contribution in [3.05, 3.63) is 36.0 Å². The van der Waals surface area contributed by atoms with Crippen LogP contribution in [0.1, 0.15) is 27.2 Å². The minimum absolute atomic E-state index is 0.185. The standard InChI is InChI=1S/C9H12O4.C6H10O2/c1-6(8(10)11)4-5-7(2)9(12)13-3;1-4-8-6(7)5(2)3/h4H,2,5H2,1,3H3,(H,10,11);2,4H2,1,3H3. The fourth-order valence-electron chi connectivity index (χ4n) is 0.846. The summed E-state index contributed by atoms with van der Waals surface area (Å²) in [5.41, 5.74) is 0.875. The van der Waals surface area contributed by atoms with Crippen LogP contribution >= 0.6 is 0 Å². The van der Waals surface area contributed by atoms with Crippen LogP contribution in [0.4, 0.5) is 0 Å². The Morgan fingerprint density at radius 1 is 1.14 bits per heavy atom. The van der Waals surface area contributed by atoms with Gasteiger partial charge in [0.05, 0.1) is 13.7 Å². The highest BCUT2D eigenvalue weighted by Crippen LogP contribution is 2.04. The summed E-state index contributed by atoms with van der Waals surface area (Å²) in [6.07, 6.45) is 1.62. The van der Waals surface area contributed by atoms with E-state index in [0.717, 1.165) is 0 Å². The Labute approximate surface area is 124 Å². The lowest BCUT2D eigenvalue weighted by Gasteiger charge is -1.99. The second-order valence-corrected chi connectivity index (χ2v) is 3.99. The first-order valence-corrected chi connectivity index (χ1v) is 6.16. The number of ether oxygens (including phenoxy) is 2. The first-order valence-electron chi connectivity index (χ1n) is 6.16. The molecule has 0 spiro atoms. The molecule has 6 heteroatoms. The molecule has 0 bridgehead atoms. The van der Waals surface area contributed by atoms with Gasteiger partial charge in [-0.25, -0.2) is 14.4 Å². The lowest BCUT2D eigenvalue weighted by molar-refractivity contribution is -0.138. The third kappa shape index (κ3) is 11.2. The van der Waals surface area contributed by atoms with Gasteiger partial charge in [-0.2, -0.15) is 0 Å². The zero-order valence-corrected chi connectivity index (χ0v) is 12.9. The molecule has 1 N–H and O–H groups in total. The smallest absolute Gasteiger partial charge is 0.333 e. The number of rotatable bonds is 6. The monoisotopic (exact) mass is 298 g/mol. The van der Waals surface area contributed by atoms with Crippen LogP contribution in [0, 0.1) is 0 Å². The number of hydrogen-bond donors (Lipinski definition) is 1. The number of allylic oxidation sites excluding steroid dienone is 1. The molecule has 0 aromatic heterocycles. The number of carbonyl (C=O) groups excluding carboxylic acids is 2. The predicted octanol–water partition coefficient (Wildman–Crippen LogP) is 2.26. The van der Waals surface area contributed by atoms with Gasteiger partial charge in [0.1, 0.15) is 0 Å². The summed E-state index contributed by atoms with van der Waals surface area (Å²) >= 11 is 0. The van der Waals surface area contributed by atoms with Gasteiger partial charge in [0.25, 0.3) is 0 Å². The molecule has 0 saturated heterocycles. The third-order valence-corrected chi connectivity index (χ3v) is 2.09. The summed E-state index contributed by atoms with van der Waals surface area (Å²) in [4.78, 5) is 31.6. The van der Waals surface area contributed by atoms with Crippen LogP contribution in [-0.2, 0) is 23.9 Å². The average Bonchev–Trinajstić information content (AvgIpc) is 2.43. The van der Waals surface area contributed by atoms with Crippen LogP contribution in [0.15, 0.2) is 36.0 Å². The molecule has 0 saturated carbocycles. The molecular weight excluding hydrogens is 276 g/mol. The van der Waals surface area contributed by atoms with Crippen LogP contribution in [-0.4, -0.2) is 36.7 Å². The maximum Gasteiger partial charge on any atom is 0.333 e. The number of methoxy groups -OCH3 is 1. The van der Waals surface area contributed by atoms with Gasteiger partial charge in [-0.05, 0) is 27.2 Å². The summed E-state index contributed by atoms with van der Waals surface area (Å²) in [5, 5.41) is 8.48. The summed E-state index contributed by atoms with van der Waals surface area (Å²) in [6, 6.07) is 0. The Bertz CT molecular complexity index is 445. The molecule has 0 aromatic carbocycles. The van der Waals surface area contributed by atoms with Crippen molar-refractivity contribution in [3.8, 4) is 0 Å². The van der Waals surface area contributed by atoms with E-state index >= 15 is 0 Å². The zero-order chi connectivity index (χ0) is 17.0. The first kappa shape index (κ1) is 20.9. The molecule has 0 radical (unpaired) electrons. The van der Waals surface area contributed by atoms with Crippen molar-refractivity contribution in [3.63, 3.8) is 0 Å². The summed E-state index contributed by atoms with van der Waals surface area (Å²) in [7, 11) is 1.25. The van der Waals surface area contributed by atoms with E-state index in [4.69, 9.17) is 5.11 Å². The van der Waals surface area contributed by atoms with Crippen molar-refractivity contribution in [1.82, 2.24) is 0 Å². The fraction of sp³-hybridized carbons (Fsp3) is 0.400. The Morgan fingerprint density at radius 2 is 1.67 bits per heavy atom. The molecule has 0 unspecified atom stereocenters. The molecule has 118 valence electrons. The molecular formula is C15H22O6. The average molecular weight is 298 g/mol. The largest absolute Gasteiger partial charge is 0.478 e. The number of esters is 2. The van der Waals surface area contributed by atoms with Crippen molar-refractivity contribution in [2.75, 3.05) is 13.7 Å². The molecule has 0 fully saturated rings. The van der Waals surface area contributed by atoms with E-state index in [-0.39, 0.29) is 23.5 Å². The van der Waals surface area contributed by atoms with E-state index in [1.54, 1.807) is 13.8 Å². The highest BCUT2D eigenvalue weighted by atomic mass is 16.5. The van der Waals surface area contributed by atoms with Crippen molar-refractivity contribution >= 4 is 17.9 Å². The summed E-state index contributed by atoms with van der Waals surface area (Å²) in [5.74, 6) is -1.83. The van der Waals surface area contributed by atoms with Crippen LogP contribution in [0.2, 0.25) is 0 Å². The van der Waals surface area contributed by atoms with Gasteiger partial charge in [-0.1, -0.05) is 19.2 Å². The zero-order valence-electron chi connectivity index (χ0n) is 12.9. The Hall–Kier alpha value is -2.37. The van der Waals surface area contributed by atoms with Gasteiger partial charge in [0.15, 0.2) is 0 Å². The normalized spacial score (nSPS) is 9.81. The maximum absolute atomic E-state index is 10.8. The van der Waals surface area contributed by atoms with Gasteiger partial charge in [-0.3, -0.25) is 0 Å². The molecule has 0 aliphatic carbocycles. The van der Waals surface area contributed by atoms with E-state index in [2.05, 4.69) is 22.6 Å². The molecule has 21 heavy (non-hydrogen) atoms. The van der Waals surface area contributed by atoms with Crippen LogP contribution < -0.4 is 0 Å². The molecule has 0 rings (SSSR count). The number of hydrogen-bond acceptors (Lipinski definition) is 5. The second kappa shape index (κ2) is 11.5. The topological polar surface area (TPSA) is 89.9 Å². The van der Waals surface area contributed by atoms with Gasteiger partial charge >= 0.3 is 17.9 Å². The molecule has 0 aliphatic rings. The van der Waals surface area contributed by atoms with E-state index in [1.165, 1.54) is 20.1 Å². The van der Waals surface area contributed by atoms with Gasteiger partial charge in [0, 0.05) is 16.7 Å². The summed E-state index contributed by atoms with van der Waals surface area (Å²) in [6.45, 7) is 12.1. The minimum atomic E-state index is -1.00. The predicted molar refractivity (Wildman–Crippen MR) is 78.6 cm³/mol. The van der Waals surface area contributed by atoms with Gasteiger partial charge in [0.2, 0.25) is 0 Å². The van der Waals surface area contributed by atoms with E-state index in [9.17, 15) is 14.4 Å². The molecule has 6 nitrogen and oxygen atoms in total. The van der Waals surface area contributed by atoms with E-state index < -0.39 is 11.9 Å². The fourth-order valence-corrected chi connectivity index (χ4v) is 0.846. The van der Waals surface area contributed by atoms with Gasteiger partial charge < -0.3 is 14.6 Å². The molecule has 0 aromatic rings. The van der Waals surface area contributed by atoms with Gasteiger partial charge in [-0.15, -0.1) is 0 Å². The highest BCUT2D eigenvalue weighted by Gasteiger charge is 2.05. The van der Waals surface area contributed by atoms with E-state index in [0.29, 0.717) is 12.2 Å². The van der Waals surface area contributed by atoms with Crippen LogP contribution in [0.5, 0.6) is 0 Å². The highest BCUT2D eigenvalue weighted by molar-refractivity contribution is 5.89. The Balaban J connectivity index is 0. The van der Waals surface area contributed by atoms with Crippen molar-refractivity contribution < 1.29 is 29.0 Å². The lowest BCUT2D eigenvalue weighted by atomic mass is 10.1. The molecule has 0 heterocycles. The number of carboxylic acid groups (broad SMARTS) is 1. The van der Waals surface area contributed by atoms with Crippen molar-refractivity contribution in [2.45, 2.75) is 27.2 Å². The lowest BCUT2D eigenvalue weighted by Crippen LogP contribution is -2.03. The van der Waals surface area contributed by atoms with Crippen LogP contribution in [0.3, 0.4) is 0 Å². The third-order valence-electron chi connectivity index (χ3n) is 2.09. The minimum Gasteiger partial charge on any atom is -0.478 e. The maximum atomic E-state index is 10.8. The SMILES string of the molecule is C=C(C)C(=O)OCC.C=C(CC=C(C)C(=O)O)C(=O)OC. The van der Waals surface area contributed by atoms with E-state index in [1.807, 2.05) is 0 Å². The Kier molecular flexibility index (Phi) is 11.4.